The molecule has 8 nitrogen and oxygen atoms in total. The summed E-state index contributed by atoms with van der Waals surface area (Å²) in [6.07, 6.45) is 0. The van der Waals surface area contributed by atoms with Gasteiger partial charge in [-0.2, -0.15) is 0 Å². The second kappa shape index (κ2) is 11.6. The minimum atomic E-state index is -3.79. The van der Waals surface area contributed by atoms with Crippen LogP contribution < -0.4 is 24.8 Å². The number of benzene rings is 4. The summed E-state index contributed by atoms with van der Waals surface area (Å²) >= 11 is 8.72. The standard InChI is InChI=1S/C26H22BrN3O5S2/c1-34-20-11-7-19(8-12-20)30-37(32,33)21-13-9-18(10-14-21)28-26(36)29-24(31)16-35-23-15-6-17-4-2-3-5-22(17)25(23)27/h2-15,30H,16H2,1H3,(H2,28,29,31,36). The Kier molecular flexibility index (Phi) is 8.27. The van der Waals surface area contributed by atoms with E-state index in [9.17, 15) is 13.2 Å². The summed E-state index contributed by atoms with van der Waals surface area (Å²) in [7, 11) is -2.26. The third-order valence-corrected chi connectivity index (χ3v) is 7.62. The molecule has 0 aliphatic rings. The Morgan fingerprint density at radius 2 is 1.59 bits per heavy atom. The largest absolute Gasteiger partial charge is 0.497 e. The Bertz CT molecular complexity index is 1540. The first-order valence-electron chi connectivity index (χ1n) is 10.9. The first kappa shape index (κ1) is 26.4. The van der Waals surface area contributed by atoms with Crippen molar-refractivity contribution in [1.82, 2.24) is 5.32 Å². The lowest BCUT2D eigenvalue weighted by Crippen LogP contribution is -2.37. The number of nitrogens with one attached hydrogen (secondary N) is 3. The molecule has 0 saturated carbocycles. The number of halogens is 1. The summed E-state index contributed by atoms with van der Waals surface area (Å²) in [5.41, 5.74) is 0.914. The molecule has 0 heterocycles. The minimum Gasteiger partial charge on any atom is -0.497 e. The van der Waals surface area contributed by atoms with E-state index < -0.39 is 15.9 Å². The van der Waals surface area contributed by atoms with E-state index in [1.165, 1.54) is 19.2 Å². The summed E-state index contributed by atoms with van der Waals surface area (Å²) in [6.45, 7) is -0.243. The van der Waals surface area contributed by atoms with Crippen LogP contribution >= 0.6 is 28.1 Å². The zero-order chi connectivity index (χ0) is 26.4. The average molecular weight is 601 g/mol. The van der Waals surface area contributed by atoms with Gasteiger partial charge in [0.1, 0.15) is 11.5 Å². The number of amides is 1. The Labute approximate surface area is 228 Å². The van der Waals surface area contributed by atoms with Crippen molar-refractivity contribution >= 4 is 71.3 Å². The summed E-state index contributed by atoms with van der Waals surface area (Å²) < 4.78 is 39.3. The highest BCUT2D eigenvalue weighted by Crippen LogP contribution is 2.33. The van der Waals surface area contributed by atoms with Crippen molar-refractivity contribution < 1.29 is 22.7 Å². The van der Waals surface area contributed by atoms with Gasteiger partial charge < -0.3 is 14.8 Å². The van der Waals surface area contributed by atoms with Crippen molar-refractivity contribution in [3.63, 3.8) is 0 Å². The minimum absolute atomic E-state index is 0.0538. The fourth-order valence-corrected chi connectivity index (χ4v) is 5.28. The molecule has 0 radical (unpaired) electrons. The molecule has 0 bridgehead atoms. The number of sulfonamides is 1. The maximum Gasteiger partial charge on any atom is 0.264 e. The zero-order valence-corrected chi connectivity index (χ0v) is 22.7. The monoisotopic (exact) mass is 599 g/mol. The van der Waals surface area contributed by atoms with Gasteiger partial charge in [0.2, 0.25) is 0 Å². The molecule has 0 saturated heterocycles. The normalized spacial score (nSPS) is 11.0. The van der Waals surface area contributed by atoms with E-state index in [4.69, 9.17) is 21.7 Å². The van der Waals surface area contributed by atoms with Crippen LogP contribution in [-0.4, -0.2) is 33.2 Å². The lowest BCUT2D eigenvalue weighted by Gasteiger charge is -2.13. The van der Waals surface area contributed by atoms with Crippen LogP contribution in [0, 0.1) is 0 Å². The first-order valence-corrected chi connectivity index (χ1v) is 13.6. The fraction of sp³-hybridized carbons (Fsp3) is 0.0769. The second-order valence-corrected chi connectivity index (χ2v) is 10.6. The van der Waals surface area contributed by atoms with Gasteiger partial charge in [0, 0.05) is 11.4 Å². The quantitative estimate of drug-likeness (QED) is 0.236. The van der Waals surface area contributed by atoms with E-state index in [1.54, 1.807) is 42.5 Å². The molecule has 190 valence electrons. The van der Waals surface area contributed by atoms with Gasteiger partial charge in [-0.1, -0.05) is 30.3 Å². The molecule has 3 N–H and O–H groups in total. The Balaban J connectivity index is 1.30. The highest BCUT2D eigenvalue weighted by atomic mass is 79.9. The highest BCUT2D eigenvalue weighted by molar-refractivity contribution is 9.10. The number of carbonyl (C=O) groups is 1. The highest BCUT2D eigenvalue weighted by Gasteiger charge is 2.15. The average Bonchev–Trinajstić information content (AvgIpc) is 2.89. The zero-order valence-electron chi connectivity index (χ0n) is 19.5. The van der Waals surface area contributed by atoms with Gasteiger partial charge in [-0.15, -0.1) is 0 Å². The lowest BCUT2D eigenvalue weighted by molar-refractivity contribution is -0.121. The number of ether oxygens (including phenoxy) is 2. The number of anilines is 2. The van der Waals surface area contributed by atoms with E-state index in [-0.39, 0.29) is 16.6 Å². The lowest BCUT2D eigenvalue weighted by atomic mass is 10.1. The molecule has 0 aliphatic carbocycles. The van der Waals surface area contributed by atoms with E-state index >= 15 is 0 Å². The van der Waals surface area contributed by atoms with E-state index in [0.29, 0.717) is 22.9 Å². The maximum atomic E-state index is 12.7. The SMILES string of the molecule is COc1ccc(NS(=O)(=O)c2ccc(NC(=S)NC(=O)COc3ccc4ccccc4c3Br)cc2)cc1. The number of methoxy groups -OCH3 is 1. The molecule has 0 aliphatic heterocycles. The molecule has 0 fully saturated rings. The van der Waals surface area contributed by atoms with Gasteiger partial charge >= 0.3 is 0 Å². The van der Waals surface area contributed by atoms with Crippen molar-refractivity contribution in [2.45, 2.75) is 4.90 Å². The molecule has 0 spiro atoms. The molecule has 11 heteroatoms. The van der Waals surface area contributed by atoms with Gasteiger partial charge in [-0.25, -0.2) is 8.42 Å². The van der Waals surface area contributed by atoms with Gasteiger partial charge in [-0.3, -0.25) is 14.8 Å². The number of fused-ring (bicyclic) bond motifs is 1. The van der Waals surface area contributed by atoms with Gasteiger partial charge in [-0.05, 0) is 93.5 Å². The smallest absolute Gasteiger partial charge is 0.264 e. The molecule has 1 amide bonds. The number of thiocarbonyl (C=S) groups is 1. The van der Waals surface area contributed by atoms with Crippen molar-refractivity contribution in [2.75, 3.05) is 23.8 Å². The van der Waals surface area contributed by atoms with Crippen LogP contribution in [0.2, 0.25) is 0 Å². The molecular formula is C26H22BrN3O5S2. The molecule has 0 aromatic heterocycles. The van der Waals surface area contributed by atoms with Crippen LogP contribution in [0.1, 0.15) is 0 Å². The van der Waals surface area contributed by atoms with E-state index in [0.717, 1.165) is 15.2 Å². The second-order valence-electron chi connectivity index (χ2n) is 7.75. The number of hydrogen-bond acceptors (Lipinski definition) is 6. The molecule has 0 atom stereocenters. The molecule has 4 rings (SSSR count). The van der Waals surface area contributed by atoms with Gasteiger partial charge in [0.15, 0.2) is 11.7 Å². The molecule has 4 aromatic carbocycles. The predicted octanol–water partition coefficient (Wildman–Crippen LogP) is 5.30. The van der Waals surface area contributed by atoms with Crippen LogP contribution in [0.3, 0.4) is 0 Å². The van der Waals surface area contributed by atoms with E-state index in [1.807, 2.05) is 30.3 Å². The maximum absolute atomic E-state index is 12.7. The van der Waals surface area contributed by atoms with Gasteiger partial charge in [0.05, 0.1) is 16.5 Å². The summed E-state index contributed by atoms with van der Waals surface area (Å²) in [5, 5.41) is 7.47. The molecule has 4 aromatic rings. The van der Waals surface area contributed by atoms with Crippen molar-refractivity contribution in [3.05, 3.63) is 89.4 Å². The predicted molar refractivity (Wildman–Crippen MR) is 152 cm³/mol. The van der Waals surface area contributed by atoms with Crippen LogP contribution in [0.4, 0.5) is 11.4 Å². The van der Waals surface area contributed by atoms with Crippen molar-refractivity contribution in [2.24, 2.45) is 0 Å². The summed E-state index contributed by atoms with van der Waals surface area (Å²) in [4.78, 5) is 12.4. The third kappa shape index (κ3) is 6.76. The Morgan fingerprint density at radius 1 is 0.919 bits per heavy atom. The summed E-state index contributed by atoms with van der Waals surface area (Å²) in [5.74, 6) is 0.711. The van der Waals surface area contributed by atoms with Crippen molar-refractivity contribution in [1.29, 1.82) is 0 Å². The molecular weight excluding hydrogens is 578 g/mol. The molecule has 0 unspecified atom stereocenters. The third-order valence-electron chi connectivity index (χ3n) is 5.20. The first-order chi connectivity index (χ1) is 17.7. The fourth-order valence-electron chi connectivity index (χ4n) is 3.38. The van der Waals surface area contributed by atoms with E-state index in [2.05, 4.69) is 31.3 Å². The Morgan fingerprint density at radius 3 is 2.30 bits per heavy atom. The van der Waals surface area contributed by atoms with Crippen molar-refractivity contribution in [3.8, 4) is 11.5 Å². The topological polar surface area (TPSA) is 106 Å². The Hall–Kier alpha value is -3.67. The number of rotatable bonds is 8. The van der Waals surface area contributed by atoms with Crippen LogP contribution in [0.5, 0.6) is 11.5 Å². The van der Waals surface area contributed by atoms with Crippen LogP contribution in [-0.2, 0) is 14.8 Å². The summed E-state index contributed by atoms with van der Waals surface area (Å²) in [6, 6.07) is 24.0. The van der Waals surface area contributed by atoms with Crippen LogP contribution in [0.15, 0.2) is 94.3 Å². The number of carbonyl (C=O) groups excluding carboxylic acids is 1. The van der Waals surface area contributed by atoms with Crippen LogP contribution in [0.25, 0.3) is 10.8 Å². The van der Waals surface area contributed by atoms with Gasteiger partial charge in [0.25, 0.3) is 15.9 Å². The molecule has 37 heavy (non-hydrogen) atoms. The number of hydrogen-bond donors (Lipinski definition) is 3.